The molecular formula is C11H18N2O. The average molecular weight is 194 g/mol. The van der Waals surface area contributed by atoms with E-state index < -0.39 is 0 Å². The quantitative estimate of drug-likeness (QED) is 0.766. The zero-order valence-electron chi connectivity index (χ0n) is 8.45. The lowest BCUT2D eigenvalue weighted by molar-refractivity contribution is 0.104. The van der Waals surface area contributed by atoms with Gasteiger partial charge in [0.05, 0.1) is 12.6 Å². The summed E-state index contributed by atoms with van der Waals surface area (Å²) in [6.45, 7) is 2.46. The van der Waals surface area contributed by atoms with Gasteiger partial charge in [0.1, 0.15) is 0 Å². The van der Waals surface area contributed by atoms with Crippen molar-refractivity contribution in [3.8, 4) is 0 Å². The molecule has 0 spiro atoms. The van der Waals surface area contributed by atoms with Gasteiger partial charge in [-0.25, -0.2) is 0 Å². The number of hydrogen-bond acceptors (Lipinski definition) is 2. The summed E-state index contributed by atoms with van der Waals surface area (Å²) in [5.74, 6) is 0. The minimum atomic E-state index is 0.196. The summed E-state index contributed by atoms with van der Waals surface area (Å²) in [4.78, 5) is 5.43. The monoisotopic (exact) mass is 194 g/mol. The van der Waals surface area contributed by atoms with Crippen molar-refractivity contribution in [3.05, 3.63) is 24.0 Å². The Balaban J connectivity index is 2.04. The highest BCUT2D eigenvalue weighted by Crippen LogP contribution is 2.23. The van der Waals surface area contributed by atoms with Crippen LogP contribution in [0.3, 0.4) is 0 Å². The minimum absolute atomic E-state index is 0.196. The summed E-state index contributed by atoms with van der Waals surface area (Å²) in [7, 11) is 0. The molecule has 2 rings (SSSR count). The van der Waals surface area contributed by atoms with Crippen LogP contribution in [-0.2, 0) is 0 Å². The molecular weight excluding hydrogens is 176 g/mol. The smallest absolute Gasteiger partial charge is 0.0629 e. The van der Waals surface area contributed by atoms with E-state index in [4.69, 9.17) is 0 Å². The van der Waals surface area contributed by atoms with Gasteiger partial charge in [0, 0.05) is 12.4 Å². The van der Waals surface area contributed by atoms with E-state index in [0.717, 1.165) is 13.1 Å². The first-order valence-electron chi connectivity index (χ1n) is 5.39. The van der Waals surface area contributed by atoms with Crippen molar-refractivity contribution in [2.75, 3.05) is 19.7 Å². The zero-order chi connectivity index (χ0) is 9.80. The first kappa shape index (κ1) is 9.74. The summed E-state index contributed by atoms with van der Waals surface area (Å²) in [6.07, 6.45) is 7.76. The van der Waals surface area contributed by atoms with E-state index in [-0.39, 0.29) is 12.6 Å². The van der Waals surface area contributed by atoms with E-state index >= 15 is 0 Å². The molecule has 3 nitrogen and oxygen atoms in total. The number of H-pyrrole nitrogens is 1. The molecule has 1 fully saturated rings. The Bertz CT molecular complexity index is 252. The molecule has 0 saturated carbocycles. The van der Waals surface area contributed by atoms with Crippen LogP contribution in [0, 0.1) is 0 Å². The second-order valence-electron chi connectivity index (χ2n) is 3.94. The third kappa shape index (κ3) is 1.99. The fourth-order valence-electron chi connectivity index (χ4n) is 2.21. The summed E-state index contributed by atoms with van der Waals surface area (Å²) in [6, 6.07) is 2.25. The standard InChI is InChI=1S/C11H18N2O/c14-9-11(10-4-5-12-8-10)13-6-2-1-3-7-13/h4-5,8,11-12,14H,1-3,6-7,9H2. The van der Waals surface area contributed by atoms with Gasteiger partial charge < -0.3 is 10.1 Å². The van der Waals surface area contributed by atoms with Crippen LogP contribution in [0.5, 0.6) is 0 Å². The van der Waals surface area contributed by atoms with Crippen LogP contribution >= 0.6 is 0 Å². The van der Waals surface area contributed by atoms with Gasteiger partial charge in [0.25, 0.3) is 0 Å². The van der Waals surface area contributed by atoms with Crippen molar-refractivity contribution in [2.24, 2.45) is 0 Å². The molecule has 3 heteroatoms. The number of likely N-dealkylation sites (tertiary alicyclic amines) is 1. The maximum absolute atomic E-state index is 9.39. The second-order valence-corrected chi connectivity index (χ2v) is 3.94. The van der Waals surface area contributed by atoms with Gasteiger partial charge in [-0.1, -0.05) is 6.42 Å². The molecule has 0 bridgehead atoms. The number of aliphatic hydroxyl groups excluding tert-OH is 1. The number of rotatable bonds is 3. The van der Waals surface area contributed by atoms with Crippen LogP contribution in [0.1, 0.15) is 30.9 Å². The van der Waals surface area contributed by atoms with Gasteiger partial charge in [-0.2, -0.15) is 0 Å². The van der Waals surface area contributed by atoms with Crippen molar-refractivity contribution < 1.29 is 5.11 Å². The Labute approximate surface area is 84.7 Å². The van der Waals surface area contributed by atoms with Gasteiger partial charge in [-0.15, -0.1) is 0 Å². The van der Waals surface area contributed by atoms with Crippen molar-refractivity contribution in [1.29, 1.82) is 0 Å². The molecule has 14 heavy (non-hydrogen) atoms. The van der Waals surface area contributed by atoms with Gasteiger partial charge >= 0.3 is 0 Å². The summed E-state index contributed by atoms with van der Waals surface area (Å²) < 4.78 is 0. The van der Waals surface area contributed by atoms with Crippen LogP contribution in [-0.4, -0.2) is 34.7 Å². The van der Waals surface area contributed by atoms with E-state index in [2.05, 4.69) is 16.0 Å². The van der Waals surface area contributed by atoms with E-state index in [1.54, 1.807) is 0 Å². The Hall–Kier alpha value is -0.800. The van der Waals surface area contributed by atoms with Crippen LogP contribution < -0.4 is 0 Å². The largest absolute Gasteiger partial charge is 0.394 e. The number of nitrogens with zero attached hydrogens (tertiary/aromatic N) is 1. The van der Waals surface area contributed by atoms with E-state index in [1.807, 2.05) is 12.4 Å². The van der Waals surface area contributed by atoms with Gasteiger partial charge in [0.15, 0.2) is 0 Å². The van der Waals surface area contributed by atoms with E-state index in [0.29, 0.717) is 0 Å². The Kier molecular flexibility index (Phi) is 3.22. The molecule has 1 aromatic heterocycles. The molecule has 1 unspecified atom stereocenters. The number of nitrogens with one attached hydrogen (secondary N) is 1. The molecule has 0 aliphatic carbocycles. The lowest BCUT2D eigenvalue weighted by Gasteiger charge is -2.33. The van der Waals surface area contributed by atoms with E-state index in [1.165, 1.54) is 24.8 Å². The normalized spacial score (nSPS) is 20.9. The number of aromatic amines is 1. The third-order valence-electron chi connectivity index (χ3n) is 3.01. The molecule has 1 saturated heterocycles. The lowest BCUT2D eigenvalue weighted by atomic mass is 10.0. The predicted molar refractivity (Wildman–Crippen MR) is 56.0 cm³/mol. The van der Waals surface area contributed by atoms with Crippen molar-refractivity contribution in [1.82, 2.24) is 9.88 Å². The molecule has 1 aromatic rings. The zero-order valence-corrected chi connectivity index (χ0v) is 8.45. The molecule has 2 heterocycles. The highest BCUT2D eigenvalue weighted by atomic mass is 16.3. The topological polar surface area (TPSA) is 39.3 Å². The van der Waals surface area contributed by atoms with Crippen LogP contribution in [0.15, 0.2) is 18.5 Å². The third-order valence-corrected chi connectivity index (χ3v) is 3.01. The van der Waals surface area contributed by atoms with Gasteiger partial charge in [0.2, 0.25) is 0 Å². The first-order valence-corrected chi connectivity index (χ1v) is 5.39. The van der Waals surface area contributed by atoms with Crippen molar-refractivity contribution in [2.45, 2.75) is 25.3 Å². The Morgan fingerprint density at radius 2 is 2.14 bits per heavy atom. The van der Waals surface area contributed by atoms with Crippen LogP contribution in [0.25, 0.3) is 0 Å². The maximum atomic E-state index is 9.39. The molecule has 0 aromatic carbocycles. The summed E-state index contributed by atoms with van der Waals surface area (Å²) in [5, 5.41) is 9.39. The summed E-state index contributed by atoms with van der Waals surface area (Å²) >= 11 is 0. The number of piperidine rings is 1. The summed E-state index contributed by atoms with van der Waals surface area (Å²) in [5.41, 5.74) is 1.20. The molecule has 78 valence electrons. The van der Waals surface area contributed by atoms with Gasteiger partial charge in [-0.05, 0) is 37.6 Å². The van der Waals surface area contributed by atoms with Crippen LogP contribution in [0.2, 0.25) is 0 Å². The van der Waals surface area contributed by atoms with Crippen LogP contribution in [0.4, 0.5) is 0 Å². The molecule has 2 N–H and O–H groups in total. The Morgan fingerprint density at radius 3 is 2.71 bits per heavy atom. The lowest BCUT2D eigenvalue weighted by Crippen LogP contribution is -2.35. The minimum Gasteiger partial charge on any atom is -0.394 e. The molecule has 0 amide bonds. The predicted octanol–water partition coefficient (Wildman–Crippen LogP) is 1.53. The van der Waals surface area contributed by atoms with Crippen molar-refractivity contribution >= 4 is 0 Å². The molecule has 1 aliphatic rings. The average Bonchev–Trinajstić information content (AvgIpc) is 2.74. The van der Waals surface area contributed by atoms with Crippen molar-refractivity contribution in [3.63, 3.8) is 0 Å². The van der Waals surface area contributed by atoms with E-state index in [9.17, 15) is 5.11 Å². The fourth-order valence-corrected chi connectivity index (χ4v) is 2.21. The molecule has 0 radical (unpaired) electrons. The number of aliphatic hydroxyl groups is 1. The second kappa shape index (κ2) is 4.62. The number of aromatic nitrogens is 1. The highest BCUT2D eigenvalue weighted by molar-refractivity contribution is 5.14. The highest BCUT2D eigenvalue weighted by Gasteiger charge is 2.21. The van der Waals surface area contributed by atoms with Gasteiger partial charge in [-0.3, -0.25) is 4.90 Å². The maximum Gasteiger partial charge on any atom is 0.0629 e. The number of hydrogen-bond donors (Lipinski definition) is 2. The SMILES string of the molecule is OCC(c1cc[nH]c1)N1CCCCC1. The molecule has 1 atom stereocenters. The Morgan fingerprint density at radius 1 is 1.36 bits per heavy atom. The fraction of sp³-hybridized carbons (Fsp3) is 0.636. The molecule has 1 aliphatic heterocycles. The first-order chi connectivity index (χ1) is 6.92.